The van der Waals surface area contributed by atoms with Crippen molar-refractivity contribution in [3.05, 3.63) is 23.8 Å². The quantitative estimate of drug-likeness (QED) is 0.856. The van der Waals surface area contributed by atoms with Gasteiger partial charge in [-0.2, -0.15) is 0 Å². The Morgan fingerprint density at radius 1 is 1.19 bits per heavy atom. The molecule has 0 aliphatic heterocycles. The molecule has 5 nitrogen and oxygen atoms in total. The number of tetrazole rings is 1. The minimum atomic E-state index is 0.759. The van der Waals surface area contributed by atoms with E-state index in [4.69, 9.17) is 5.73 Å². The molecule has 2 aliphatic rings. The van der Waals surface area contributed by atoms with E-state index in [1.54, 1.807) is 0 Å². The van der Waals surface area contributed by atoms with Crippen LogP contribution in [0.2, 0.25) is 0 Å². The summed E-state index contributed by atoms with van der Waals surface area (Å²) >= 11 is 0. The van der Waals surface area contributed by atoms with Gasteiger partial charge in [0.25, 0.3) is 0 Å². The number of nitrogens with zero attached hydrogens (tertiary/aromatic N) is 4. The topological polar surface area (TPSA) is 69.6 Å². The molecule has 0 amide bonds. The maximum atomic E-state index is 5.96. The second-order valence-electron chi connectivity index (χ2n) is 6.66. The van der Waals surface area contributed by atoms with Gasteiger partial charge in [0.15, 0.2) is 5.82 Å². The summed E-state index contributed by atoms with van der Waals surface area (Å²) < 4.78 is 1.98. The number of hydrogen-bond donors (Lipinski definition) is 1. The van der Waals surface area contributed by atoms with Gasteiger partial charge in [0.05, 0.1) is 0 Å². The highest BCUT2D eigenvalue weighted by atomic mass is 15.5. The zero-order valence-corrected chi connectivity index (χ0v) is 12.4. The van der Waals surface area contributed by atoms with Crippen LogP contribution in [0, 0.1) is 24.7 Å². The highest BCUT2D eigenvalue weighted by Crippen LogP contribution is 2.50. The zero-order valence-electron chi connectivity index (χ0n) is 12.4. The van der Waals surface area contributed by atoms with Gasteiger partial charge >= 0.3 is 0 Å². The average Bonchev–Trinajstić information content (AvgIpc) is 3.34. The summed E-state index contributed by atoms with van der Waals surface area (Å²) in [6, 6.07) is 6.02. The summed E-state index contributed by atoms with van der Waals surface area (Å²) in [5, 5.41) is 12.3. The van der Waals surface area contributed by atoms with Gasteiger partial charge in [-0.3, -0.25) is 0 Å². The van der Waals surface area contributed by atoms with Crippen LogP contribution in [0.1, 0.15) is 31.2 Å². The number of benzene rings is 1. The van der Waals surface area contributed by atoms with Crippen molar-refractivity contribution < 1.29 is 0 Å². The van der Waals surface area contributed by atoms with Crippen LogP contribution in [0.5, 0.6) is 0 Å². The Kier molecular flexibility index (Phi) is 2.94. The van der Waals surface area contributed by atoms with E-state index in [-0.39, 0.29) is 0 Å². The maximum Gasteiger partial charge on any atom is 0.182 e. The molecule has 0 unspecified atom stereocenters. The van der Waals surface area contributed by atoms with Gasteiger partial charge in [-0.25, -0.2) is 4.68 Å². The number of anilines is 1. The summed E-state index contributed by atoms with van der Waals surface area (Å²) in [5.74, 6) is 3.40. The van der Waals surface area contributed by atoms with Gasteiger partial charge in [-0.15, -0.1) is 5.10 Å². The van der Waals surface area contributed by atoms with Crippen molar-refractivity contribution in [1.82, 2.24) is 20.2 Å². The number of aryl methyl sites for hydroxylation is 1. The van der Waals surface area contributed by atoms with Crippen molar-refractivity contribution in [2.45, 2.75) is 39.2 Å². The van der Waals surface area contributed by atoms with E-state index in [9.17, 15) is 0 Å². The van der Waals surface area contributed by atoms with Gasteiger partial charge in [-0.05, 0) is 84.6 Å². The molecule has 0 spiro atoms. The number of hydrogen-bond acceptors (Lipinski definition) is 4. The van der Waals surface area contributed by atoms with Gasteiger partial charge in [0, 0.05) is 17.8 Å². The second-order valence-corrected chi connectivity index (χ2v) is 6.66. The van der Waals surface area contributed by atoms with Crippen molar-refractivity contribution in [1.29, 1.82) is 0 Å². The smallest absolute Gasteiger partial charge is 0.182 e. The third kappa shape index (κ3) is 2.64. The van der Waals surface area contributed by atoms with Crippen LogP contribution >= 0.6 is 0 Å². The lowest BCUT2D eigenvalue weighted by molar-refractivity contribution is 0.331. The summed E-state index contributed by atoms with van der Waals surface area (Å²) in [4.78, 5) is 0. The monoisotopic (exact) mass is 283 g/mol. The van der Waals surface area contributed by atoms with Crippen molar-refractivity contribution >= 4 is 5.69 Å². The van der Waals surface area contributed by atoms with Crippen molar-refractivity contribution in [3.8, 4) is 11.4 Å². The fourth-order valence-electron chi connectivity index (χ4n) is 3.41. The average molecular weight is 283 g/mol. The number of nitrogens with two attached hydrogens (primary N) is 1. The fraction of sp³-hybridized carbons (Fsp3) is 0.562. The number of nitrogen functional groups attached to an aromatic ring is 1. The molecule has 2 saturated carbocycles. The van der Waals surface area contributed by atoms with Crippen molar-refractivity contribution in [3.63, 3.8) is 0 Å². The molecular weight excluding hydrogens is 262 g/mol. The molecule has 0 saturated heterocycles. The second kappa shape index (κ2) is 4.83. The molecule has 5 heteroatoms. The number of aromatic nitrogens is 4. The highest BCUT2D eigenvalue weighted by Gasteiger charge is 2.41. The number of rotatable bonds is 5. The van der Waals surface area contributed by atoms with Gasteiger partial charge in [0.1, 0.15) is 0 Å². The van der Waals surface area contributed by atoms with Crippen molar-refractivity contribution in [2.24, 2.45) is 17.8 Å². The van der Waals surface area contributed by atoms with Crippen LogP contribution < -0.4 is 5.73 Å². The molecular formula is C16H21N5. The lowest BCUT2D eigenvalue weighted by Crippen LogP contribution is -2.17. The summed E-state index contributed by atoms with van der Waals surface area (Å²) in [6.07, 6.45) is 5.54. The van der Waals surface area contributed by atoms with Crippen LogP contribution in [0.4, 0.5) is 5.69 Å². The predicted octanol–water partition coefficient (Wildman–Crippen LogP) is 2.67. The zero-order chi connectivity index (χ0) is 14.4. The Hall–Kier alpha value is -1.91. The molecule has 2 aliphatic carbocycles. The van der Waals surface area contributed by atoms with E-state index in [1.165, 1.54) is 25.7 Å². The largest absolute Gasteiger partial charge is 0.399 e. The summed E-state index contributed by atoms with van der Waals surface area (Å²) in [5.41, 5.74) is 8.88. The Morgan fingerprint density at radius 2 is 1.90 bits per heavy atom. The molecule has 21 heavy (non-hydrogen) atoms. The van der Waals surface area contributed by atoms with E-state index in [1.807, 2.05) is 23.7 Å². The molecule has 1 aromatic carbocycles. The molecule has 0 radical (unpaired) electrons. The van der Waals surface area contributed by atoms with Crippen LogP contribution in [-0.2, 0) is 6.54 Å². The molecule has 4 rings (SSSR count). The predicted molar refractivity (Wildman–Crippen MR) is 81.3 cm³/mol. The molecule has 0 bridgehead atoms. The third-order valence-corrected chi connectivity index (χ3v) is 4.73. The SMILES string of the molecule is Cc1cc(N)cc(-c2nnnn2CC(C2CC2)C2CC2)c1. The van der Waals surface area contributed by atoms with Crippen LogP contribution in [0.15, 0.2) is 18.2 Å². The van der Waals surface area contributed by atoms with E-state index in [0.29, 0.717) is 0 Å². The Balaban J connectivity index is 1.63. The van der Waals surface area contributed by atoms with E-state index < -0.39 is 0 Å². The highest BCUT2D eigenvalue weighted by molar-refractivity contribution is 5.62. The van der Waals surface area contributed by atoms with Crippen LogP contribution in [0.3, 0.4) is 0 Å². The van der Waals surface area contributed by atoms with E-state index in [2.05, 4.69) is 21.6 Å². The Bertz CT molecular complexity index is 622. The molecule has 2 N–H and O–H groups in total. The normalized spacial score (nSPS) is 18.4. The van der Waals surface area contributed by atoms with E-state index >= 15 is 0 Å². The molecule has 2 aromatic rings. The molecule has 2 fully saturated rings. The first-order valence-electron chi connectivity index (χ1n) is 7.84. The maximum absolute atomic E-state index is 5.96. The fourth-order valence-corrected chi connectivity index (χ4v) is 3.41. The third-order valence-electron chi connectivity index (χ3n) is 4.73. The van der Waals surface area contributed by atoms with Gasteiger partial charge in [0.2, 0.25) is 0 Å². The minimum Gasteiger partial charge on any atom is -0.399 e. The minimum absolute atomic E-state index is 0.759. The standard InChI is InChI=1S/C16H21N5/c1-10-6-13(8-14(17)7-10)16-18-19-20-21(16)9-15(11-2-3-11)12-4-5-12/h6-8,11-12,15H,2-5,9,17H2,1H3. The summed E-state index contributed by atoms with van der Waals surface area (Å²) in [6.45, 7) is 3.00. The van der Waals surface area contributed by atoms with Crippen LogP contribution in [-0.4, -0.2) is 20.2 Å². The first-order valence-corrected chi connectivity index (χ1v) is 7.84. The van der Waals surface area contributed by atoms with Crippen molar-refractivity contribution in [2.75, 3.05) is 5.73 Å². The van der Waals surface area contributed by atoms with E-state index in [0.717, 1.165) is 46.9 Å². The molecule has 1 aromatic heterocycles. The molecule has 1 heterocycles. The Morgan fingerprint density at radius 3 is 2.52 bits per heavy atom. The van der Waals surface area contributed by atoms with Gasteiger partial charge in [-0.1, -0.05) is 0 Å². The first-order chi connectivity index (χ1) is 10.2. The lowest BCUT2D eigenvalue weighted by Gasteiger charge is -2.16. The molecule has 110 valence electrons. The van der Waals surface area contributed by atoms with Crippen LogP contribution in [0.25, 0.3) is 11.4 Å². The Labute approximate surface area is 124 Å². The first kappa shape index (κ1) is 12.8. The lowest BCUT2D eigenvalue weighted by atomic mass is 9.98. The summed E-state index contributed by atoms with van der Waals surface area (Å²) in [7, 11) is 0. The molecule has 0 atom stereocenters. The van der Waals surface area contributed by atoms with Gasteiger partial charge < -0.3 is 5.73 Å².